The minimum atomic E-state index is -0.973. The Morgan fingerprint density at radius 2 is 1.91 bits per heavy atom. The molecule has 174 valence electrons. The van der Waals surface area contributed by atoms with Crippen molar-refractivity contribution in [1.82, 2.24) is 15.1 Å². The number of rotatable bonds is 7. The van der Waals surface area contributed by atoms with Gasteiger partial charge in [0.15, 0.2) is 0 Å². The lowest BCUT2D eigenvalue weighted by atomic mass is 9.93. The number of likely N-dealkylation sites (tertiary alicyclic amines) is 1. The highest BCUT2D eigenvalue weighted by Gasteiger charge is 2.39. The Kier molecular flexibility index (Phi) is 7.84. The zero-order chi connectivity index (χ0) is 23.3. The molecule has 0 radical (unpaired) electrons. The predicted molar refractivity (Wildman–Crippen MR) is 115 cm³/mol. The number of urea groups is 1. The summed E-state index contributed by atoms with van der Waals surface area (Å²) < 4.78 is 25.1. The van der Waals surface area contributed by atoms with Gasteiger partial charge < -0.3 is 14.8 Å². The summed E-state index contributed by atoms with van der Waals surface area (Å²) in [4.78, 5) is 41.3. The SMILES string of the molecule is CCOC(=O)C1=C(CN2CCC[C@@H](C(=O)OCC)C2)N(C)C(=O)N[C@H]1c1ccccc1F. The van der Waals surface area contributed by atoms with Gasteiger partial charge in [-0.05, 0) is 39.3 Å². The highest BCUT2D eigenvalue weighted by Crippen LogP contribution is 2.33. The molecule has 2 aliphatic rings. The number of hydrogen-bond donors (Lipinski definition) is 1. The van der Waals surface area contributed by atoms with E-state index >= 15 is 0 Å². The van der Waals surface area contributed by atoms with Gasteiger partial charge in [0.1, 0.15) is 5.82 Å². The van der Waals surface area contributed by atoms with Crippen LogP contribution in [-0.4, -0.2) is 67.7 Å². The van der Waals surface area contributed by atoms with Crippen LogP contribution in [0.3, 0.4) is 0 Å². The van der Waals surface area contributed by atoms with Gasteiger partial charge in [-0.3, -0.25) is 14.6 Å². The van der Waals surface area contributed by atoms with E-state index in [0.717, 1.165) is 12.8 Å². The van der Waals surface area contributed by atoms with Crippen LogP contribution >= 0.6 is 0 Å². The lowest BCUT2D eigenvalue weighted by Gasteiger charge is -2.38. The van der Waals surface area contributed by atoms with Crippen molar-refractivity contribution in [3.8, 4) is 0 Å². The zero-order valence-electron chi connectivity index (χ0n) is 18.7. The molecule has 0 bridgehead atoms. The van der Waals surface area contributed by atoms with Gasteiger partial charge in [0, 0.05) is 31.4 Å². The van der Waals surface area contributed by atoms with E-state index in [1.54, 1.807) is 39.1 Å². The number of nitrogens with zero attached hydrogens (tertiary/aromatic N) is 2. The van der Waals surface area contributed by atoms with E-state index < -0.39 is 23.9 Å². The number of carbonyl (C=O) groups excluding carboxylic acids is 3. The Morgan fingerprint density at radius 3 is 2.59 bits per heavy atom. The maximum atomic E-state index is 14.6. The van der Waals surface area contributed by atoms with Gasteiger partial charge in [-0.2, -0.15) is 0 Å². The second-order valence-electron chi connectivity index (χ2n) is 7.87. The van der Waals surface area contributed by atoms with Crippen molar-refractivity contribution >= 4 is 18.0 Å². The molecule has 2 heterocycles. The number of carbonyl (C=O) groups is 3. The van der Waals surface area contributed by atoms with E-state index in [9.17, 15) is 18.8 Å². The predicted octanol–water partition coefficient (Wildman–Crippen LogP) is 2.61. The van der Waals surface area contributed by atoms with Crippen molar-refractivity contribution in [2.24, 2.45) is 5.92 Å². The summed E-state index contributed by atoms with van der Waals surface area (Å²) in [6, 6.07) is 4.62. The molecule has 2 atom stereocenters. The number of halogens is 1. The highest BCUT2D eigenvalue weighted by atomic mass is 19.1. The minimum absolute atomic E-state index is 0.145. The standard InChI is InChI=1S/C23H30FN3O5/c1-4-31-21(28)15-9-8-12-27(13-15)14-18-19(22(29)32-5-2)20(25-23(30)26(18)3)16-10-6-7-11-17(16)24/h6-7,10-11,15,20H,4-5,8-9,12-14H2,1-3H3,(H,25,30)/t15-,20+/m1/s1. The van der Waals surface area contributed by atoms with Crippen LogP contribution in [-0.2, 0) is 19.1 Å². The Morgan fingerprint density at radius 1 is 1.19 bits per heavy atom. The molecule has 32 heavy (non-hydrogen) atoms. The number of ether oxygens (including phenoxy) is 2. The quantitative estimate of drug-likeness (QED) is 0.647. The number of hydrogen-bond acceptors (Lipinski definition) is 6. The van der Waals surface area contributed by atoms with Crippen LogP contribution in [0.25, 0.3) is 0 Å². The summed E-state index contributed by atoms with van der Waals surface area (Å²) in [5.41, 5.74) is 0.819. The van der Waals surface area contributed by atoms with E-state index in [4.69, 9.17) is 9.47 Å². The summed E-state index contributed by atoms with van der Waals surface area (Å²) in [6.07, 6.45) is 1.52. The van der Waals surface area contributed by atoms with Crippen LogP contribution in [0, 0.1) is 11.7 Å². The fourth-order valence-corrected chi connectivity index (χ4v) is 4.20. The summed E-state index contributed by atoms with van der Waals surface area (Å²) in [5, 5.41) is 2.72. The molecule has 0 spiro atoms. The Hall–Kier alpha value is -2.94. The van der Waals surface area contributed by atoms with Crippen LogP contribution in [0.15, 0.2) is 35.5 Å². The van der Waals surface area contributed by atoms with Gasteiger partial charge in [0.25, 0.3) is 0 Å². The van der Waals surface area contributed by atoms with Crippen molar-refractivity contribution in [2.45, 2.75) is 32.7 Å². The molecule has 0 aromatic heterocycles. The first-order valence-electron chi connectivity index (χ1n) is 10.9. The van der Waals surface area contributed by atoms with Crippen LogP contribution in [0.4, 0.5) is 9.18 Å². The van der Waals surface area contributed by atoms with Gasteiger partial charge >= 0.3 is 18.0 Å². The second kappa shape index (κ2) is 10.6. The van der Waals surface area contributed by atoms with Gasteiger partial charge in [-0.1, -0.05) is 18.2 Å². The molecule has 1 N–H and O–H groups in total. The first-order chi connectivity index (χ1) is 15.4. The summed E-state index contributed by atoms with van der Waals surface area (Å²) in [5.74, 6) is -1.64. The fourth-order valence-electron chi connectivity index (χ4n) is 4.20. The molecule has 9 heteroatoms. The monoisotopic (exact) mass is 447 g/mol. The Labute approximate surface area is 187 Å². The molecular formula is C23H30FN3O5. The molecular weight excluding hydrogens is 417 g/mol. The molecule has 1 saturated heterocycles. The number of nitrogens with one attached hydrogen (secondary N) is 1. The smallest absolute Gasteiger partial charge is 0.338 e. The lowest BCUT2D eigenvalue weighted by molar-refractivity contribution is -0.150. The first kappa shape index (κ1) is 23.7. The minimum Gasteiger partial charge on any atom is -0.466 e. The summed E-state index contributed by atoms with van der Waals surface area (Å²) in [6.45, 7) is 5.34. The maximum Gasteiger partial charge on any atom is 0.338 e. The molecule has 0 saturated carbocycles. The summed E-state index contributed by atoms with van der Waals surface area (Å²) in [7, 11) is 1.56. The van der Waals surface area contributed by atoms with Crippen molar-refractivity contribution in [3.63, 3.8) is 0 Å². The lowest BCUT2D eigenvalue weighted by Crippen LogP contribution is -2.50. The number of esters is 2. The number of likely N-dealkylation sites (N-methyl/N-ethyl adjacent to an activating group) is 1. The van der Waals surface area contributed by atoms with Crippen molar-refractivity contribution in [3.05, 3.63) is 46.9 Å². The van der Waals surface area contributed by atoms with E-state index in [1.807, 2.05) is 4.90 Å². The molecule has 8 nitrogen and oxygen atoms in total. The van der Waals surface area contributed by atoms with Crippen LogP contribution < -0.4 is 5.32 Å². The molecule has 1 aromatic carbocycles. The molecule has 2 aliphatic heterocycles. The van der Waals surface area contributed by atoms with Crippen LogP contribution in [0.2, 0.25) is 0 Å². The molecule has 1 fully saturated rings. The molecule has 2 amide bonds. The van der Waals surface area contributed by atoms with E-state index in [1.165, 1.54) is 11.0 Å². The van der Waals surface area contributed by atoms with Gasteiger partial charge in [-0.15, -0.1) is 0 Å². The Balaban J connectivity index is 1.98. The third-order valence-corrected chi connectivity index (χ3v) is 5.79. The van der Waals surface area contributed by atoms with E-state index in [-0.39, 0.29) is 36.2 Å². The topological polar surface area (TPSA) is 88.2 Å². The molecule has 0 unspecified atom stereocenters. The van der Waals surface area contributed by atoms with E-state index in [2.05, 4.69) is 5.32 Å². The average Bonchev–Trinajstić information content (AvgIpc) is 2.77. The maximum absolute atomic E-state index is 14.6. The van der Waals surface area contributed by atoms with Crippen LogP contribution in [0.5, 0.6) is 0 Å². The largest absolute Gasteiger partial charge is 0.466 e. The molecule has 3 rings (SSSR count). The first-order valence-corrected chi connectivity index (χ1v) is 10.9. The number of piperidine rings is 1. The number of amides is 2. The second-order valence-corrected chi connectivity index (χ2v) is 7.87. The number of benzene rings is 1. The highest BCUT2D eigenvalue weighted by molar-refractivity contribution is 5.95. The third-order valence-electron chi connectivity index (χ3n) is 5.79. The zero-order valence-corrected chi connectivity index (χ0v) is 18.7. The van der Waals surface area contributed by atoms with Crippen molar-refractivity contribution in [1.29, 1.82) is 0 Å². The molecule has 0 aliphatic carbocycles. The third kappa shape index (κ3) is 5.09. The van der Waals surface area contributed by atoms with Gasteiger partial charge in [0.2, 0.25) is 0 Å². The molecule has 1 aromatic rings. The van der Waals surface area contributed by atoms with E-state index in [0.29, 0.717) is 25.4 Å². The van der Waals surface area contributed by atoms with Crippen molar-refractivity contribution < 1.29 is 28.2 Å². The summed E-state index contributed by atoms with van der Waals surface area (Å²) >= 11 is 0. The van der Waals surface area contributed by atoms with Crippen LogP contribution in [0.1, 0.15) is 38.3 Å². The Bertz CT molecular complexity index is 903. The van der Waals surface area contributed by atoms with Crippen molar-refractivity contribution in [2.75, 3.05) is 39.9 Å². The average molecular weight is 448 g/mol. The fraction of sp³-hybridized carbons (Fsp3) is 0.522. The van der Waals surface area contributed by atoms with Gasteiger partial charge in [-0.25, -0.2) is 14.0 Å². The normalized spacial score (nSPS) is 21.9. The van der Waals surface area contributed by atoms with Gasteiger partial charge in [0.05, 0.1) is 30.7 Å².